The molecule has 0 aliphatic rings. The Morgan fingerprint density at radius 3 is 2.45 bits per heavy atom. The summed E-state index contributed by atoms with van der Waals surface area (Å²) in [5, 5.41) is 9.72. The van der Waals surface area contributed by atoms with E-state index < -0.39 is 22.0 Å². The van der Waals surface area contributed by atoms with Crippen molar-refractivity contribution in [3.8, 4) is 17.4 Å². The van der Waals surface area contributed by atoms with Crippen LogP contribution in [-0.2, 0) is 32.6 Å². The Hall–Kier alpha value is -4.09. The van der Waals surface area contributed by atoms with Gasteiger partial charge in [-0.05, 0) is 48.9 Å². The molecule has 0 aliphatic carbocycles. The summed E-state index contributed by atoms with van der Waals surface area (Å²) in [6, 6.07) is 17.4. The number of sulfonamides is 1. The first kappa shape index (κ1) is 27.0. The van der Waals surface area contributed by atoms with E-state index in [9.17, 15) is 18.3 Å². The van der Waals surface area contributed by atoms with Crippen molar-refractivity contribution >= 4 is 21.7 Å². The van der Waals surface area contributed by atoms with Gasteiger partial charge < -0.3 is 23.4 Å². The molecule has 0 amide bonds. The minimum absolute atomic E-state index is 0.101. The van der Waals surface area contributed by atoms with Crippen molar-refractivity contribution in [1.29, 1.82) is 0 Å². The first-order valence-corrected chi connectivity index (χ1v) is 13.6. The maximum absolute atomic E-state index is 12.4. The molecular formula is C27H28N2O8S. The average Bonchev–Trinajstić information content (AvgIpc) is 3.54. The molecule has 2 heterocycles. The number of anilines is 1. The summed E-state index contributed by atoms with van der Waals surface area (Å²) in [4.78, 5) is 16.4. The van der Waals surface area contributed by atoms with Gasteiger partial charge >= 0.3 is 5.97 Å². The molecule has 4 aromatic rings. The second-order valence-electron chi connectivity index (χ2n) is 8.51. The number of oxazole rings is 1. The van der Waals surface area contributed by atoms with Crippen molar-refractivity contribution < 1.29 is 36.6 Å². The molecule has 2 aromatic carbocycles. The van der Waals surface area contributed by atoms with Crippen LogP contribution >= 0.6 is 0 Å². The van der Waals surface area contributed by atoms with Crippen LogP contribution in [0, 0.1) is 6.92 Å². The molecule has 200 valence electrons. The molecule has 0 radical (unpaired) electrons. The van der Waals surface area contributed by atoms with Gasteiger partial charge in [0.25, 0.3) is 5.89 Å². The van der Waals surface area contributed by atoms with Crippen molar-refractivity contribution in [3.05, 3.63) is 90.0 Å². The molecule has 11 heteroatoms. The molecule has 0 saturated carbocycles. The van der Waals surface area contributed by atoms with Crippen LogP contribution in [0.2, 0.25) is 0 Å². The standard InChI is InChI=1S/C27H28N2O8S/c1-19-23(28-26(37-19)25-9-6-15-36-25)14-16-35-22-12-10-20(11-13-22)17-34-18-24(27(30)31)29(38(2,32)33)21-7-4-3-5-8-21/h3-13,15,24H,14,16-18H2,1-2H3,(H,30,31)/t24-/m0/s1. The summed E-state index contributed by atoms with van der Waals surface area (Å²) in [6.45, 7) is 2.01. The number of para-hydroxylation sites is 1. The zero-order valence-corrected chi connectivity index (χ0v) is 21.8. The van der Waals surface area contributed by atoms with Crippen molar-refractivity contribution in [2.75, 3.05) is 23.8 Å². The highest BCUT2D eigenvalue weighted by Gasteiger charge is 2.33. The van der Waals surface area contributed by atoms with Gasteiger partial charge in [0.2, 0.25) is 10.0 Å². The number of aliphatic carboxylic acids is 1. The number of aryl methyl sites for hydroxylation is 1. The lowest BCUT2D eigenvalue weighted by Crippen LogP contribution is -2.47. The summed E-state index contributed by atoms with van der Waals surface area (Å²) >= 11 is 0. The number of aromatic nitrogens is 1. The van der Waals surface area contributed by atoms with Crippen LogP contribution in [0.4, 0.5) is 5.69 Å². The molecule has 10 nitrogen and oxygen atoms in total. The Balaban J connectivity index is 1.29. The Labute approximate surface area is 220 Å². The van der Waals surface area contributed by atoms with E-state index in [-0.39, 0.29) is 18.9 Å². The molecule has 0 bridgehead atoms. The first-order chi connectivity index (χ1) is 18.2. The van der Waals surface area contributed by atoms with Gasteiger partial charge in [0.1, 0.15) is 11.5 Å². The summed E-state index contributed by atoms with van der Waals surface area (Å²) in [5.74, 6) is 1.05. The number of rotatable bonds is 13. The Kier molecular flexibility index (Phi) is 8.49. The minimum Gasteiger partial charge on any atom is -0.493 e. The largest absolute Gasteiger partial charge is 0.493 e. The maximum atomic E-state index is 12.4. The smallest absolute Gasteiger partial charge is 0.329 e. The van der Waals surface area contributed by atoms with Crippen LogP contribution in [0.1, 0.15) is 17.0 Å². The summed E-state index contributed by atoms with van der Waals surface area (Å²) < 4.78 is 48.0. The van der Waals surface area contributed by atoms with Crippen LogP contribution in [0.15, 0.2) is 81.8 Å². The molecule has 0 unspecified atom stereocenters. The highest BCUT2D eigenvalue weighted by atomic mass is 32.2. The van der Waals surface area contributed by atoms with Gasteiger partial charge in [-0.15, -0.1) is 0 Å². The van der Waals surface area contributed by atoms with Crippen molar-refractivity contribution in [3.63, 3.8) is 0 Å². The zero-order chi connectivity index (χ0) is 27.1. The number of carboxylic acid groups (broad SMARTS) is 1. The van der Waals surface area contributed by atoms with Gasteiger partial charge in [0, 0.05) is 6.42 Å². The molecule has 0 fully saturated rings. The predicted octanol–water partition coefficient (Wildman–Crippen LogP) is 4.30. The Bertz CT molecular complexity index is 1430. The van der Waals surface area contributed by atoms with Crippen molar-refractivity contribution in [2.45, 2.75) is 26.0 Å². The molecule has 1 N–H and O–H groups in total. The summed E-state index contributed by atoms with van der Waals surface area (Å²) in [5.41, 5.74) is 1.82. The average molecular weight is 541 g/mol. The number of hydrogen-bond donors (Lipinski definition) is 1. The van der Waals surface area contributed by atoms with Gasteiger partial charge in [-0.2, -0.15) is 0 Å². The van der Waals surface area contributed by atoms with E-state index >= 15 is 0 Å². The number of nitrogens with zero attached hydrogens (tertiary/aromatic N) is 2. The van der Waals surface area contributed by atoms with Crippen molar-refractivity contribution in [2.24, 2.45) is 0 Å². The van der Waals surface area contributed by atoms with Crippen LogP contribution in [0.3, 0.4) is 0 Å². The number of carboxylic acids is 1. The second kappa shape index (κ2) is 12.0. The quantitative estimate of drug-likeness (QED) is 0.263. The number of carbonyl (C=O) groups is 1. The third-order valence-corrected chi connectivity index (χ3v) is 6.82. The lowest BCUT2D eigenvalue weighted by Gasteiger charge is -2.28. The van der Waals surface area contributed by atoms with Crippen molar-refractivity contribution in [1.82, 2.24) is 4.98 Å². The fourth-order valence-electron chi connectivity index (χ4n) is 3.82. The van der Waals surface area contributed by atoms with Crippen LogP contribution in [0.5, 0.6) is 5.75 Å². The van der Waals surface area contributed by atoms with E-state index in [2.05, 4.69) is 4.98 Å². The Morgan fingerprint density at radius 1 is 1.08 bits per heavy atom. The maximum Gasteiger partial charge on any atom is 0.329 e. The third-order valence-electron chi connectivity index (χ3n) is 5.64. The lowest BCUT2D eigenvalue weighted by atomic mass is 10.2. The zero-order valence-electron chi connectivity index (χ0n) is 20.9. The highest BCUT2D eigenvalue weighted by Crippen LogP contribution is 2.23. The second-order valence-corrected chi connectivity index (χ2v) is 10.4. The third kappa shape index (κ3) is 6.81. The topological polar surface area (TPSA) is 132 Å². The molecule has 0 saturated heterocycles. The van der Waals surface area contributed by atoms with E-state index in [4.69, 9.17) is 18.3 Å². The predicted molar refractivity (Wildman–Crippen MR) is 139 cm³/mol. The minimum atomic E-state index is -3.86. The number of ether oxygens (including phenoxy) is 2. The lowest BCUT2D eigenvalue weighted by molar-refractivity contribution is -0.139. The molecule has 0 aliphatic heterocycles. The van der Waals surface area contributed by atoms with E-state index in [1.165, 1.54) is 12.1 Å². The normalized spacial score (nSPS) is 12.3. The summed E-state index contributed by atoms with van der Waals surface area (Å²) in [6.07, 6.45) is 3.08. The number of hydrogen-bond acceptors (Lipinski definition) is 8. The number of benzene rings is 2. The fraction of sp³-hybridized carbons (Fsp3) is 0.259. The molecule has 0 spiro atoms. The van der Waals surface area contributed by atoms with Gasteiger partial charge in [0.05, 0.1) is 43.7 Å². The van der Waals surface area contributed by atoms with E-state index in [1.807, 2.05) is 6.92 Å². The molecule has 38 heavy (non-hydrogen) atoms. The van der Waals surface area contributed by atoms with E-state index in [0.29, 0.717) is 36.2 Å². The fourth-order valence-corrected chi connectivity index (χ4v) is 4.94. The molecule has 2 aromatic heterocycles. The van der Waals surface area contributed by atoms with Crippen LogP contribution in [0.25, 0.3) is 11.7 Å². The van der Waals surface area contributed by atoms with Gasteiger partial charge in [-0.25, -0.2) is 18.2 Å². The monoisotopic (exact) mass is 540 g/mol. The van der Waals surface area contributed by atoms with E-state index in [1.54, 1.807) is 60.9 Å². The van der Waals surface area contributed by atoms with Crippen LogP contribution in [-0.4, -0.2) is 50.0 Å². The SMILES string of the molecule is Cc1oc(-c2ccco2)nc1CCOc1ccc(COC[C@@H](C(=O)O)N(c2ccccc2)S(C)(=O)=O)cc1. The van der Waals surface area contributed by atoms with Crippen LogP contribution < -0.4 is 9.04 Å². The van der Waals surface area contributed by atoms with Gasteiger partial charge in [-0.1, -0.05) is 30.3 Å². The molecule has 1 atom stereocenters. The highest BCUT2D eigenvalue weighted by molar-refractivity contribution is 7.92. The van der Waals surface area contributed by atoms with Gasteiger partial charge in [-0.3, -0.25) is 4.31 Å². The first-order valence-electron chi connectivity index (χ1n) is 11.8. The summed E-state index contributed by atoms with van der Waals surface area (Å²) in [7, 11) is -3.86. The molecule has 4 rings (SSSR count). The number of furan rings is 1. The Morgan fingerprint density at radius 2 is 1.82 bits per heavy atom. The van der Waals surface area contributed by atoms with E-state index in [0.717, 1.165) is 21.8 Å². The van der Waals surface area contributed by atoms with Gasteiger partial charge in [0.15, 0.2) is 11.8 Å². The molecular weight excluding hydrogens is 512 g/mol.